The summed E-state index contributed by atoms with van der Waals surface area (Å²) in [5, 5.41) is 9.04. The largest absolute Gasteiger partial charge is 0.497 e. The average Bonchev–Trinajstić information content (AvgIpc) is 2.83. The Morgan fingerprint density at radius 1 is 1.33 bits per heavy atom. The predicted molar refractivity (Wildman–Crippen MR) is 84.8 cm³/mol. The minimum absolute atomic E-state index is 0.0502. The van der Waals surface area contributed by atoms with Crippen molar-refractivity contribution in [2.24, 2.45) is 0 Å². The maximum Gasteiger partial charge on any atom is 0.494 e. The van der Waals surface area contributed by atoms with Crippen molar-refractivity contribution in [3.05, 3.63) is 23.8 Å². The van der Waals surface area contributed by atoms with Gasteiger partial charge in [-0.05, 0) is 43.9 Å². The fourth-order valence-electron chi connectivity index (χ4n) is 2.37. The SMILES string of the molecule is CC.CCC1OB(c2cc(C#N)cc(OC)c2)OC1(C)C. The Balaban J connectivity index is 0.00000106. The summed E-state index contributed by atoms with van der Waals surface area (Å²) in [5.41, 5.74) is 1.04. The van der Waals surface area contributed by atoms with Crippen molar-refractivity contribution in [3.63, 3.8) is 0 Å². The van der Waals surface area contributed by atoms with Crippen LogP contribution in [0.5, 0.6) is 5.75 Å². The number of rotatable bonds is 3. The van der Waals surface area contributed by atoms with E-state index in [0.717, 1.165) is 11.9 Å². The van der Waals surface area contributed by atoms with E-state index >= 15 is 0 Å². The standard InChI is InChI=1S/C14H18BNO3.C2H6/c1-5-13-14(2,3)19-15(18-13)11-6-10(9-16)7-12(8-11)17-4;1-2/h6-8,13H,5H2,1-4H3;1-2H3. The number of methoxy groups -OCH3 is 1. The van der Waals surface area contributed by atoms with Crippen LogP contribution in [0.1, 0.15) is 46.6 Å². The lowest BCUT2D eigenvalue weighted by molar-refractivity contribution is 0.0706. The molecule has 0 N–H and O–H groups in total. The van der Waals surface area contributed by atoms with Crippen molar-refractivity contribution in [2.45, 2.75) is 52.7 Å². The molecule has 1 saturated heterocycles. The predicted octanol–water partition coefficient (Wildman–Crippen LogP) is 2.89. The van der Waals surface area contributed by atoms with Crippen molar-refractivity contribution in [3.8, 4) is 11.8 Å². The lowest BCUT2D eigenvalue weighted by atomic mass is 9.78. The molecule has 1 aromatic rings. The van der Waals surface area contributed by atoms with Crippen molar-refractivity contribution < 1.29 is 14.0 Å². The Morgan fingerprint density at radius 2 is 2.00 bits per heavy atom. The van der Waals surface area contributed by atoms with E-state index in [9.17, 15) is 0 Å². The molecular formula is C16H24BNO3. The molecule has 4 nitrogen and oxygen atoms in total. The molecule has 0 bridgehead atoms. The lowest BCUT2D eigenvalue weighted by Crippen LogP contribution is -2.35. The molecule has 0 aromatic heterocycles. The quantitative estimate of drug-likeness (QED) is 0.803. The van der Waals surface area contributed by atoms with E-state index in [2.05, 4.69) is 13.0 Å². The van der Waals surface area contributed by atoms with Crippen molar-refractivity contribution in [2.75, 3.05) is 7.11 Å². The van der Waals surface area contributed by atoms with Crippen LogP contribution in [0.2, 0.25) is 0 Å². The fourth-order valence-corrected chi connectivity index (χ4v) is 2.37. The Morgan fingerprint density at radius 3 is 2.48 bits per heavy atom. The number of benzene rings is 1. The van der Waals surface area contributed by atoms with E-state index in [-0.39, 0.29) is 11.7 Å². The maximum absolute atomic E-state index is 9.04. The summed E-state index contributed by atoms with van der Waals surface area (Å²) in [5.74, 6) is 0.638. The van der Waals surface area contributed by atoms with Crippen molar-refractivity contribution >= 4 is 12.6 Å². The van der Waals surface area contributed by atoms with Crippen LogP contribution in [-0.4, -0.2) is 25.9 Å². The Labute approximate surface area is 128 Å². The summed E-state index contributed by atoms with van der Waals surface area (Å²) < 4.78 is 17.1. The molecule has 5 heteroatoms. The van der Waals surface area contributed by atoms with Gasteiger partial charge in [0.2, 0.25) is 0 Å². The van der Waals surface area contributed by atoms with Crippen LogP contribution in [0.4, 0.5) is 0 Å². The van der Waals surface area contributed by atoms with Gasteiger partial charge < -0.3 is 14.0 Å². The number of hydrogen-bond donors (Lipinski definition) is 0. The van der Waals surface area contributed by atoms with E-state index in [0.29, 0.717) is 11.3 Å². The highest BCUT2D eigenvalue weighted by Gasteiger charge is 2.45. The minimum atomic E-state index is -0.442. The third-order valence-electron chi connectivity index (χ3n) is 3.41. The van der Waals surface area contributed by atoms with Crippen molar-refractivity contribution in [1.29, 1.82) is 5.26 Å². The van der Waals surface area contributed by atoms with Gasteiger partial charge in [-0.15, -0.1) is 0 Å². The third-order valence-corrected chi connectivity index (χ3v) is 3.41. The Kier molecular flexibility index (Phi) is 6.26. The molecule has 0 radical (unpaired) electrons. The number of nitrogens with zero attached hydrogens (tertiary/aromatic N) is 1. The molecular weight excluding hydrogens is 265 g/mol. The highest BCUT2D eigenvalue weighted by atomic mass is 16.7. The summed E-state index contributed by atoms with van der Waals surface area (Å²) in [4.78, 5) is 0. The molecule has 1 atom stereocenters. The summed E-state index contributed by atoms with van der Waals surface area (Å²) in [6.45, 7) is 10.1. The van der Waals surface area contributed by atoms with Gasteiger partial charge in [0.25, 0.3) is 0 Å². The first-order valence-corrected chi connectivity index (χ1v) is 7.42. The van der Waals surface area contributed by atoms with Gasteiger partial charge in [0.15, 0.2) is 0 Å². The molecule has 114 valence electrons. The fraction of sp³-hybridized carbons (Fsp3) is 0.562. The molecule has 1 unspecified atom stereocenters. The second-order valence-corrected chi connectivity index (χ2v) is 5.19. The summed E-state index contributed by atoms with van der Waals surface area (Å²) in [6, 6.07) is 7.44. The second kappa shape index (κ2) is 7.49. The first-order chi connectivity index (χ1) is 10.00. The van der Waals surface area contributed by atoms with Crippen LogP contribution in [0.3, 0.4) is 0 Å². The van der Waals surface area contributed by atoms with Gasteiger partial charge in [0, 0.05) is 0 Å². The Bertz CT molecular complexity index is 511. The van der Waals surface area contributed by atoms with E-state index in [4.69, 9.17) is 19.3 Å². The van der Waals surface area contributed by atoms with Gasteiger partial charge in [-0.1, -0.05) is 20.8 Å². The Hall–Kier alpha value is -1.51. The molecule has 21 heavy (non-hydrogen) atoms. The van der Waals surface area contributed by atoms with Crippen LogP contribution in [0, 0.1) is 11.3 Å². The van der Waals surface area contributed by atoms with Gasteiger partial charge in [0.05, 0.1) is 30.4 Å². The summed E-state index contributed by atoms with van der Waals surface area (Å²) in [7, 11) is 1.14. The molecule has 1 aromatic carbocycles. The van der Waals surface area contributed by atoms with Crippen LogP contribution < -0.4 is 10.2 Å². The van der Waals surface area contributed by atoms with E-state index < -0.39 is 7.12 Å². The topological polar surface area (TPSA) is 51.5 Å². The van der Waals surface area contributed by atoms with Crippen LogP contribution in [0.15, 0.2) is 18.2 Å². The molecule has 1 aliphatic heterocycles. The van der Waals surface area contributed by atoms with Gasteiger partial charge in [-0.2, -0.15) is 5.26 Å². The van der Waals surface area contributed by atoms with Crippen LogP contribution in [-0.2, 0) is 9.31 Å². The van der Waals surface area contributed by atoms with Gasteiger partial charge >= 0.3 is 7.12 Å². The zero-order valence-electron chi connectivity index (χ0n) is 13.8. The number of ether oxygens (including phenoxy) is 1. The summed E-state index contributed by atoms with van der Waals surface area (Å²) >= 11 is 0. The first kappa shape index (κ1) is 17.5. The zero-order valence-corrected chi connectivity index (χ0v) is 13.8. The highest BCUT2D eigenvalue weighted by Crippen LogP contribution is 2.29. The molecule has 1 aliphatic rings. The minimum Gasteiger partial charge on any atom is -0.497 e. The van der Waals surface area contributed by atoms with E-state index in [1.807, 2.05) is 33.8 Å². The third kappa shape index (κ3) is 3.99. The molecule has 0 spiro atoms. The van der Waals surface area contributed by atoms with Gasteiger partial charge in [-0.3, -0.25) is 0 Å². The van der Waals surface area contributed by atoms with E-state index in [1.54, 1.807) is 19.2 Å². The zero-order chi connectivity index (χ0) is 16.0. The first-order valence-electron chi connectivity index (χ1n) is 7.42. The molecule has 0 amide bonds. The summed E-state index contributed by atoms with van der Waals surface area (Å²) in [6.07, 6.45) is 0.938. The van der Waals surface area contributed by atoms with Gasteiger partial charge in [-0.25, -0.2) is 0 Å². The van der Waals surface area contributed by atoms with Gasteiger partial charge in [0.1, 0.15) is 5.75 Å². The number of nitriles is 1. The van der Waals surface area contributed by atoms with E-state index in [1.165, 1.54) is 0 Å². The monoisotopic (exact) mass is 289 g/mol. The van der Waals surface area contributed by atoms with Crippen LogP contribution >= 0.6 is 0 Å². The molecule has 0 aliphatic carbocycles. The number of hydrogen-bond acceptors (Lipinski definition) is 4. The highest BCUT2D eigenvalue weighted by molar-refractivity contribution is 6.62. The second-order valence-electron chi connectivity index (χ2n) is 5.19. The molecule has 1 heterocycles. The normalized spacial score (nSPS) is 19.5. The molecule has 0 saturated carbocycles. The van der Waals surface area contributed by atoms with Crippen LogP contribution in [0.25, 0.3) is 0 Å². The maximum atomic E-state index is 9.04. The lowest BCUT2D eigenvalue weighted by Gasteiger charge is -2.23. The molecule has 1 fully saturated rings. The van der Waals surface area contributed by atoms with Crippen molar-refractivity contribution in [1.82, 2.24) is 0 Å². The average molecular weight is 289 g/mol. The smallest absolute Gasteiger partial charge is 0.494 e. The molecule has 2 rings (SSSR count).